The fourth-order valence-corrected chi connectivity index (χ4v) is 8.90. The number of carbonyl (C=O) groups excluding carboxylic acids is 1. The smallest absolute Gasteiger partial charge is 0.220 e. The zero-order chi connectivity index (χ0) is 41.9. The zero-order valence-electron chi connectivity index (χ0n) is 36.5. The maximum absolute atomic E-state index is 12.7. The number of hydrogen-bond acceptors (Lipinski definition) is 7. The topological polar surface area (TPSA) is 89.5 Å². The van der Waals surface area contributed by atoms with Crippen molar-refractivity contribution >= 4 is 5.91 Å². The van der Waals surface area contributed by atoms with Crippen molar-refractivity contribution in [1.82, 2.24) is 10.2 Å². The number of unbranched alkanes of at least 4 members (excludes halogenated alkanes) is 12. The molecular formula is C52H70N2O6. The zero-order valence-corrected chi connectivity index (χ0v) is 36.5. The molecule has 2 aliphatic heterocycles. The van der Waals surface area contributed by atoms with Crippen LogP contribution in [-0.2, 0) is 40.4 Å². The predicted molar refractivity (Wildman–Crippen MR) is 240 cm³/mol. The highest BCUT2D eigenvalue weighted by Gasteiger charge is 2.43. The van der Waals surface area contributed by atoms with Crippen LogP contribution < -0.4 is 14.8 Å². The van der Waals surface area contributed by atoms with Gasteiger partial charge in [-0.3, -0.25) is 9.69 Å². The molecule has 4 atom stereocenters. The summed E-state index contributed by atoms with van der Waals surface area (Å²) in [6.07, 6.45) is 17.3. The minimum absolute atomic E-state index is 0.0123. The number of hydrogen-bond donors (Lipinski definition) is 2. The second-order valence-electron chi connectivity index (χ2n) is 16.9. The summed E-state index contributed by atoms with van der Waals surface area (Å²) in [5.74, 6) is 1.53. The maximum atomic E-state index is 12.7. The van der Waals surface area contributed by atoms with E-state index in [1.165, 1.54) is 81.8 Å². The van der Waals surface area contributed by atoms with Gasteiger partial charge in [0.2, 0.25) is 5.91 Å². The van der Waals surface area contributed by atoms with Gasteiger partial charge in [0.25, 0.3) is 0 Å². The van der Waals surface area contributed by atoms with Gasteiger partial charge in [0.05, 0.1) is 33.0 Å². The molecule has 2 N–H and O–H groups in total. The first-order chi connectivity index (χ1) is 29.5. The molecule has 60 heavy (non-hydrogen) atoms. The second kappa shape index (κ2) is 24.3. The van der Waals surface area contributed by atoms with E-state index >= 15 is 0 Å². The molecule has 0 spiro atoms. The first-order valence-electron chi connectivity index (χ1n) is 22.9. The third-order valence-electron chi connectivity index (χ3n) is 12.5. The Balaban J connectivity index is 1.07. The Hall–Kier alpha value is -4.21. The molecule has 2 aliphatic rings. The van der Waals surface area contributed by atoms with E-state index in [-0.39, 0.29) is 30.6 Å². The van der Waals surface area contributed by atoms with Crippen LogP contribution >= 0.6 is 0 Å². The molecule has 1 saturated heterocycles. The molecule has 4 unspecified atom stereocenters. The SMILES string of the molecule is CCCCCCCCCCCCCCCC(=O)NCc1ccc(C2OC(CN3CCc4cc(OC)c(OC)cc4C3)C(c3ccccc3)C(c3ccc(CO)cc3)O2)cc1. The summed E-state index contributed by atoms with van der Waals surface area (Å²) in [5.41, 5.74) is 7.57. The van der Waals surface area contributed by atoms with Gasteiger partial charge in [0.15, 0.2) is 17.8 Å². The molecule has 1 fully saturated rings. The largest absolute Gasteiger partial charge is 0.493 e. The van der Waals surface area contributed by atoms with Crippen LogP contribution in [0, 0.1) is 0 Å². The summed E-state index contributed by atoms with van der Waals surface area (Å²) < 4.78 is 25.3. The summed E-state index contributed by atoms with van der Waals surface area (Å²) in [5, 5.41) is 13.0. The summed E-state index contributed by atoms with van der Waals surface area (Å²) in [4.78, 5) is 15.2. The lowest BCUT2D eigenvalue weighted by molar-refractivity contribution is -0.263. The lowest BCUT2D eigenvalue weighted by atomic mass is 9.82. The normalized spacial score (nSPS) is 19.1. The maximum Gasteiger partial charge on any atom is 0.220 e. The Morgan fingerprint density at radius 2 is 1.28 bits per heavy atom. The van der Waals surface area contributed by atoms with Crippen molar-refractivity contribution in [2.75, 3.05) is 27.3 Å². The minimum atomic E-state index is -0.599. The average molecular weight is 819 g/mol. The molecule has 0 aliphatic carbocycles. The highest BCUT2D eigenvalue weighted by atomic mass is 16.7. The van der Waals surface area contributed by atoms with Gasteiger partial charge < -0.3 is 29.4 Å². The van der Waals surface area contributed by atoms with E-state index in [4.69, 9.17) is 18.9 Å². The van der Waals surface area contributed by atoms with Gasteiger partial charge in [0, 0.05) is 44.1 Å². The lowest BCUT2D eigenvalue weighted by Crippen LogP contribution is -2.45. The summed E-state index contributed by atoms with van der Waals surface area (Å²) in [6.45, 7) is 5.14. The van der Waals surface area contributed by atoms with E-state index in [0.717, 1.165) is 71.7 Å². The van der Waals surface area contributed by atoms with Gasteiger partial charge in [0.1, 0.15) is 0 Å². The van der Waals surface area contributed by atoms with Gasteiger partial charge >= 0.3 is 0 Å². The fraction of sp³-hybridized carbons (Fsp3) is 0.519. The van der Waals surface area contributed by atoms with Crippen molar-refractivity contribution in [2.45, 2.75) is 147 Å². The van der Waals surface area contributed by atoms with Crippen molar-refractivity contribution < 1.29 is 28.8 Å². The molecule has 0 radical (unpaired) electrons. The molecule has 0 aromatic heterocycles. The van der Waals surface area contributed by atoms with Crippen LogP contribution in [0.15, 0.2) is 91.0 Å². The highest BCUT2D eigenvalue weighted by molar-refractivity contribution is 5.75. The van der Waals surface area contributed by atoms with E-state index in [0.29, 0.717) is 19.5 Å². The van der Waals surface area contributed by atoms with Gasteiger partial charge in [-0.25, -0.2) is 0 Å². The van der Waals surface area contributed by atoms with E-state index in [9.17, 15) is 9.90 Å². The number of nitrogens with zero attached hydrogens (tertiary/aromatic N) is 1. The molecule has 4 aromatic rings. The molecule has 6 rings (SSSR count). The number of fused-ring (bicyclic) bond motifs is 1. The quantitative estimate of drug-likeness (QED) is 0.0681. The van der Waals surface area contributed by atoms with Crippen LogP contribution in [0.1, 0.15) is 154 Å². The number of amides is 1. The molecule has 8 nitrogen and oxygen atoms in total. The van der Waals surface area contributed by atoms with Crippen molar-refractivity contribution in [2.24, 2.45) is 0 Å². The molecule has 8 heteroatoms. The number of nitrogens with one attached hydrogen (secondary N) is 1. The molecule has 0 bridgehead atoms. The van der Waals surface area contributed by atoms with Crippen LogP contribution in [0.5, 0.6) is 11.5 Å². The number of methoxy groups -OCH3 is 2. The van der Waals surface area contributed by atoms with Gasteiger partial charge in [-0.15, -0.1) is 0 Å². The fourth-order valence-electron chi connectivity index (χ4n) is 8.90. The third kappa shape index (κ3) is 13.1. The lowest BCUT2D eigenvalue weighted by Gasteiger charge is -2.45. The Bertz CT molecular complexity index is 1850. The number of carbonyl (C=O) groups is 1. The van der Waals surface area contributed by atoms with E-state index in [2.05, 4.69) is 89.9 Å². The standard InChI is InChI=1S/C52H70N2O6/c1-4-5-6-7-8-9-10-11-12-13-14-15-19-22-49(56)53-35-39-23-29-43(30-24-39)52-59-48(37-54-32-31-44-33-46(57-2)47(58-3)34-45(44)36-54)50(41-20-17-16-18-21-41)51(60-52)42-27-25-40(38-55)26-28-42/h16-18,20-21,23-30,33-34,48,50-52,55H,4-15,19,22,31-32,35-38H2,1-3H3,(H,53,56). The Morgan fingerprint density at radius 1 is 0.700 bits per heavy atom. The Kier molecular flexibility index (Phi) is 18.3. The molecule has 324 valence electrons. The van der Waals surface area contributed by atoms with Gasteiger partial charge in [-0.1, -0.05) is 163 Å². The molecule has 2 heterocycles. The van der Waals surface area contributed by atoms with Crippen LogP contribution in [0.4, 0.5) is 0 Å². The number of ether oxygens (including phenoxy) is 4. The van der Waals surface area contributed by atoms with E-state index < -0.39 is 6.29 Å². The van der Waals surface area contributed by atoms with E-state index in [1.54, 1.807) is 14.2 Å². The second-order valence-corrected chi connectivity index (χ2v) is 16.9. The van der Waals surface area contributed by atoms with Crippen LogP contribution in [0.3, 0.4) is 0 Å². The number of rotatable bonds is 24. The first-order valence-corrected chi connectivity index (χ1v) is 22.9. The summed E-state index contributed by atoms with van der Waals surface area (Å²) in [6, 6.07) is 31.2. The van der Waals surface area contributed by atoms with Crippen molar-refractivity contribution in [3.8, 4) is 11.5 Å². The van der Waals surface area contributed by atoms with Crippen LogP contribution in [0.2, 0.25) is 0 Å². The van der Waals surface area contributed by atoms with Crippen LogP contribution in [0.25, 0.3) is 0 Å². The summed E-state index contributed by atoms with van der Waals surface area (Å²) in [7, 11) is 3.37. The van der Waals surface area contributed by atoms with Gasteiger partial charge in [-0.05, 0) is 58.4 Å². The molecular weight excluding hydrogens is 749 g/mol. The monoisotopic (exact) mass is 819 g/mol. The molecule has 1 amide bonds. The number of aliphatic hydroxyl groups is 1. The molecule has 4 aromatic carbocycles. The Labute approximate surface area is 360 Å². The summed E-state index contributed by atoms with van der Waals surface area (Å²) >= 11 is 0. The van der Waals surface area contributed by atoms with Gasteiger partial charge in [-0.2, -0.15) is 0 Å². The third-order valence-corrected chi connectivity index (χ3v) is 12.5. The minimum Gasteiger partial charge on any atom is -0.493 e. The predicted octanol–water partition coefficient (Wildman–Crippen LogP) is 11.3. The van der Waals surface area contributed by atoms with Crippen LogP contribution in [-0.4, -0.2) is 49.3 Å². The van der Waals surface area contributed by atoms with Crippen molar-refractivity contribution in [3.05, 3.63) is 130 Å². The highest BCUT2D eigenvalue weighted by Crippen LogP contribution is 2.47. The molecule has 0 saturated carbocycles. The van der Waals surface area contributed by atoms with E-state index in [1.807, 2.05) is 18.2 Å². The Morgan fingerprint density at radius 3 is 1.90 bits per heavy atom. The average Bonchev–Trinajstić information content (AvgIpc) is 3.29. The number of aliphatic hydroxyl groups excluding tert-OH is 1. The first kappa shape index (κ1) is 45.3. The van der Waals surface area contributed by atoms with Crippen molar-refractivity contribution in [3.63, 3.8) is 0 Å². The number of benzene rings is 4. The van der Waals surface area contributed by atoms with Crippen molar-refractivity contribution in [1.29, 1.82) is 0 Å².